The fourth-order valence-electron chi connectivity index (χ4n) is 3.58. The first kappa shape index (κ1) is 13.4. The lowest BCUT2D eigenvalue weighted by atomic mass is 9.97. The van der Waals surface area contributed by atoms with Crippen LogP contribution in [-0.4, -0.2) is 25.0 Å². The number of primary amides is 1. The van der Waals surface area contributed by atoms with Crippen LogP contribution in [0.25, 0.3) is 0 Å². The van der Waals surface area contributed by atoms with Crippen molar-refractivity contribution in [2.24, 2.45) is 5.73 Å². The Balaban J connectivity index is 1.95. The van der Waals surface area contributed by atoms with Gasteiger partial charge < -0.3 is 16.0 Å². The lowest BCUT2D eigenvalue weighted by Gasteiger charge is -2.33. The molecule has 1 amide bonds. The molecule has 1 aromatic carbocycles. The molecule has 4 heteroatoms. The smallest absolute Gasteiger partial charge is 0.236 e. The van der Waals surface area contributed by atoms with Gasteiger partial charge in [0.1, 0.15) is 0 Å². The molecule has 3 rings (SSSR count). The van der Waals surface area contributed by atoms with Gasteiger partial charge in [-0.3, -0.25) is 4.79 Å². The second-order valence-electron chi connectivity index (χ2n) is 5.87. The molecule has 1 aliphatic heterocycles. The molecule has 0 spiro atoms. The Hall–Kier alpha value is -1.55. The van der Waals surface area contributed by atoms with Crippen molar-refractivity contribution in [3.05, 3.63) is 29.3 Å². The van der Waals surface area contributed by atoms with Crippen molar-refractivity contribution in [1.29, 1.82) is 0 Å². The molecule has 3 N–H and O–H groups in total. The highest BCUT2D eigenvalue weighted by molar-refractivity contribution is 5.80. The molecule has 0 atom stereocenters. The number of rotatable bonds is 4. The number of nitrogens with zero attached hydrogens (tertiary/aromatic N) is 1. The molecule has 1 heterocycles. The standard InChI is InChI=1S/C16H23N3O/c17-16(20)11-19(13-5-1-2-6-13)15-7-3-4-12-10-18-9-8-14(12)15/h3-4,7,13,18H,1-2,5-6,8-11H2,(H2,17,20). The summed E-state index contributed by atoms with van der Waals surface area (Å²) in [6.07, 6.45) is 5.91. The predicted octanol–water partition coefficient (Wildman–Crippen LogP) is 1.57. The number of amides is 1. The van der Waals surface area contributed by atoms with Crippen molar-refractivity contribution >= 4 is 11.6 Å². The first-order chi connectivity index (χ1) is 9.75. The molecule has 1 aromatic rings. The molecular formula is C16H23N3O. The van der Waals surface area contributed by atoms with Crippen LogP contribution in [0, 0.1) is 0 Å². The first-order valence-corrected chi connectivity index (χ1v) is 7.62. The fourth-order valence-corrected chi connectivity index (χ4v) is 3.58. The lowest BCUT2D eigenvalue weighted by Crippen LogP contribution is -2.41. The fraction of sp³-hybridized carbons (Fsp3) is 0.562. The van der Waals surface area contributed by atoms with E-state index >= 15 is 0 Å². The number of fused-ring (bicyclic) bond motifs is 1. The van der Waals surface area contributed by atoms with Crippen molar-refractivity contribution in [2.45, 2.75) is 44.7 Å². The average molecular weight is 273 g/mol. The van der Waals surface area contributed by atoms with Crippen LogP contribution in [-0.2, 0) is 17.8 Å². The molecular weight excluding hydrogens is 250 g/mol. The van der Waals surface area contributed by atoms with Gasteiger partial charge in [-0.05, 0) is 43.0 Å². The van der Waals surface area contributed by atoms with E-state index < -0.39 is 0 Å². The molecule has 0 radical (unpaired) electrons. The van der Waals surface area contributed by atoms with Crippen LogP contribution in [0.2, 0.25) is 0 Å². The molecule has 20 heavy (non-hydrogen) atoms. The Kier molecular flexibility index (Phi) is 3.92. The summed E-state index contributed by atoms with van der Waals surface area (Å²) in [7, 11) is 0. The summed E-state index contributed by atoms with van der Waals surface area (Å²) in [5.41, 5.74) is 9.48. The summed E-state index contributed by atoms with van der Waals surface area (Å²) in [5.74, 6) is -0.233. The van der Waals surface area contributed by atoms with Crippen LogP contribution >= 0.6 is 0 Å². The van der Waals surface area contributed by atoms with Gasteiger partial charge in [-0.25, -0.2) is 0 Å². The highest BCUT2D eigenvalue weighted by atomic mass is 16.1. The van der Waals surface area contributed by atoms with Gasteiger partial charge in [0.25, 0.3) is 0 Å². The summed E-state index contributed by atoms with van der Waals surface area (Å²) < 4.78 is 0. The molecule has 1 fully saturated rings. The Labute approximate surface area is 120 Å². The number of carbonyl (C=O) groups is 1. The quantitative estimate of drug-likeness (QED) is 0.875. The monoisotopic (exact) mass is 273 g/mol. The first-order valence-electron chi connectivity index (χ1n) is 7.62. The van der Waals surface area contributed by atoms with E-state index in [1.807, 2.05) is 0 Å². The third-order valence-electron chi connectivity index (χ3n) is 4.52. The number of hydrogen-bond acceptors (Lipinski definition) is 3. The number of carbonyl (C=O) groups excluding carboxylic acids is 1. The van der Waals surface area contributed by atoms with E-state index in [4.69, 9.17) is 5.73 Å². The van der Waals surface area contributed by atoms with E-state index in [0.29, 0.717) is 12.6 Å². The van der Waals surface area contributed by atoms with Crippen LogP contribution in [0.3, 0.4) is 0 Å². The largest absolute Gasteiger partial charge is 0.368 e. The topological polar surface area (TPSA) is 58.4 Å². The maximum Gasteiger partial charge on any atom is 0.236 e. The van der Waals surface area contributed by atoms with Gasteiger partial charge in [0, 0.05) is 18.3 Å². The third kappa shape index (κ3) is 2.66. The second-order valence-corrected chi connectivity index (χ2v) is 5.87. The van der Waals surface area contributed by atoms with Crippen molar-refractivity contribution in [2.75, 3.05) is 18.0 Å². The van der Waals surface area contributed by atoms with Crippen LogP contribution in [0.15, 0.2) is 18.2 Å². The summed E-state index contributed by atoms with van der Waals surface area (Å²) in [6, 6.07) is 6.92. The number of anilines is 1. The average Bonchev–Trinajstić information content (AvgIpc) is 2.98. The van der Waals surface area contributed by atoms with E-state index in [-0.39, 0.29) is 5.91 Å². The molecule has 4 nitrogen and oxygen atoms in total. The van der Waals surface area contributed by atoms with E-state index in [2.05, 4.69) is 28.4 Å². The highest BCUT2D eigenvalue weighted by Crippen LogP contribution is 2.32. The molecule has 1 saturated carbocycles. The SMILES string of the molecule is NC(=O)CN(c1cccc2c1CCNC2)C1CCCC1. The van der Waals surface area contributed by atoms with Gasteiger partial charge >= 0.3 is 0 Å². The van der Waals surface area contributed by atoms with Gasteiger partial charge in [0.2, 0.25) is 5.91 Å². The van der Waals surface area contributed by atoms with E-state index in [1.165, 1.54) is 42.5 Å². The highest BCUT2D eigenvalue weighted by Gasteiger charge is 2.26. The Morgan fingerprint density at radius 1 is 1.35 bits per heavy atom. The Bertz CT molecular complexity index is 494. The lowest BCUT2D eigenvalue weighted by molar-refractivity contribution is -0.116. The van der Waals surface area contributed by atoms with Gasteiger partial charge in [-0.2, -0.15) is 0 Å². The molecule has 0 aromatic heterocycles. The minimum Gasteiger partial charge on any atom is -0.368 e. The maximum atomic E-state index is 11.5. The normalized spacial score (nSPS) is 18.8. The van der Waals surface area contributed by atoms with Gasteiger partial charge in [0.05, 0.1) is 6.54 Å². The predicted molar refractivity (Wildman–Crippen MR) is 80.6 cm³/mol. The van der Waals surface area contributed by atoms with E-state index in [9.17, 15) is 4.79 Å². The summed E-state index contributed by atoms with van der Waals surface area (Å²) in [6.45, 7) is 2.28. The van der Waals surface area contributed by atoms with Crippen LogP contribution in [0.4, 0.5) is 5.69 Å². The van der Waals surface area contributed by atoms with Gasteiger partial charge in [0.15, 0.2) is 0 Å². The second kappa shape index (κ2) is 5.83. The minimum absolute atomic E-state index is 0.233. The number of benzene rings is 1. The van der Waals surface area contributed by atoms with E-state index in [1.54, 1.807) is 0 Å². The van der Waals surface area contributed by atoms with Crippen molar-refractivity contribution in [3.63, 3.8) is 0 Å². The van der Waals surface area contributed by atoms with Crippen LogP contribution < -0.4 is 16.0 Å². The van der Waals surface area contributed by atoms with Crippen molar-refractivity contribution < 1.29 is 4.79 Å². The molecule has 0 bridgehead atoms. The molecule has 0 saturated heterocycles. The van der Waals surface area contributed by atoms with Crippen LogP contribution in [0.1, 0.15) is 36.8 Å². The van der Waals surface area contributed by atoms with Gasteiger partial charge in [-0.15, -0.1) is 0 Å². The Morgan fingerprint density at radius 2 is 2.15 bits per heavy atom. The number of nitrogens with one attached hydrogen (secondary N) is 1. The maximum absolute atomic E-state index is 11.5. The zero-order valence-electron chi connectivity index (χ0n) is 11.9. The molecule has 0 unspecified atom stereocenters. The number of hydrogen-bond donors (Lipinski definition) is 2. The molecule has 108 valence electrons. The summed E-state index contributed by atoms with van der Waals surface area (Å²) >= 11 is 0. The van der Waals surface area contributed by atoms with Crippen LogP contribution in [0.5, 0.6) is 0 Å². The zero-order valence-corrected chi connectivity index (χ0v) is 11.9. The minimum atomic E-state index is -0.233. The molecule has 2 aliphatic rings. The molecule has 1 aliphatic carbocycles. The van der Waals surface area contributed by atoms with Gasteiger partial charge in [-0.1, -0.05) is 25.0 Å². The third-order valence-corrected chi connectivity index (χ3v) is 4.52. The zero-order chi connectivity index (χ0) is 13.9. The number of nitrogens with two attached hydrogens (primary N) is 1. The Morgan fingerprint density at radius 3 is 2.90 bits per heavy atom. The summed E-state index contributed by atoms with van der Waals surface area (Å²) in [5, 5.41) is 3.41. The van der Waals surface area contributed by atoms with Crippen molar-refractivity contribution in [1.82, 2.24) is 5.32 Å². The van der Waals surface area contributed by atoms with E-state index in [0.717, 1.165) is 19.5 Å². The van der Waals surface area contributed by atoms with Crippen molar-refractivity contribution in [3.8, 4) is 0 Å². The summed E-state index contributed by atoms with van der Waals surface area (Å²) in [4.78, 5) is 13.7.